The van der Waals surface area contributed by atoms with E-state index in [1.165, 1.54) is 0 Å². The maximum absolute atomic E-state index is 5.74. The molecule has 0 saturated carbocycles. The van der Waals surface area contributed by atoms with E-state index < -0.39 is 0 Å². The molecule has 1 aromatic carbocycles. The summed E-state index contributed by atoms with van der Waals surface area (Å²) in [5, 5.41) is 3.68. The predicted molar refractivity (Wildman–Crippen MR) is 73.2 cm³/mol. The van der Waals surface area contributed by atoms with Crippen LogP contribution < -0.4 is 11.1 Å². The van der Waals surface area contributed by atoms with Gasteiger partial charge in [0.05, 0.1) is 0 Å². The molecule has 0 heterocycles. The van der Waals surface area contributed by atoms with Gasteiger partial charge >= 0.3 is 0 Å². The molecule has 0 aliphatic rings. The first-order valence-corrected chi connectivity index (χ1v) is 5.92. The highest BCUT2D eigenvalue weighted by Crippen LogP contribution is 2.12. The number of nitrogens with one attached hydrogen (secondary N) is 1. The van der Waals surface area contributed by atoms with Crippen LogP contribution >= 0.6 is 11.6 Å². The third kappa shape index (κ3) is 6.30. The van der Waals surface area contributed by atoms with Gasteiger partial charge in [0, 0.05) is 17.3 Å². The van der Waals surface area contributed by atoms with Gasteiger partial charge in [-0.05, 0) is 30.7 Å². The zero-order valence-corrected chi connectivity index (χ0v) is 10.9. The van der Waals surface area contributed by atoms with E-state index in [1.807, 2.05) is 26.0 Å². The third-order valence-electron chi connectivity index (χ3n) is 1.62. The van der Waals surface area contributed by atoms with Crippen LogP contribution in [0.3, 0.4) is 0 Å². The van der Waals surface area contributed by atoms with Crippen LogP contribution in [0.15, 0.2) is 29.3 Å². The van der Waals surface area contributed by atoms with Crippen molar-refractivity contribution in [3.8, 4) is 0 Å². The Hall–Kier alpha value is -1.22. The van der Waals surface area contributed by atoms with Gasteiger partial charge in [0.2, 0.25) is 0 Å². The Morgan fingerprint density at radius 2 is 1.88 bits per heavy atom. The lowest BCUT2D eigenvalue weighted by Crippen LogP contribution is -2.22. The van der Waals surface area contributed by atoms with Gasteiger partial charge < -0.3 is 11.1 Å². The molecule has 0 amide bonds. The van der Waals surface area contributed by atoms with Gasteiger partial charge in [-0.2, -0.15) is 0 Å². The molecule has 0 fully saturated rings. The van der Waals surface area contributed by atoms with E-state index in [-0.39, 0.29) is 0 Å². The molecule has 0 unspecified atom stereocenters. The van der Waals surface area contributed by atoms with E-state index in [4.69, 9.17) is 17.3 Å². The van der Waals surface area contributed by atoms with E-state index >= 15 is 0 Å². The lowest BCUT2D eigenvalue weighted by Gasteiger charge is -2.04. The van der Waals surface area contributed by atoms with Gasteiger partial charge in [-0.1, -0.05) is 32.4 Å². The molecule has 0 saturated heterocycles. The van der Waals surface area contributed by atoms with Crippen LogP contribution in [0.5, 0.6) is 0 Å². The molecule has 4 heteroatoms. The van der Waals surface area contributed by atoms with Crippen molar-refractivity contribution in [2.24, 2.45) is 10.7 Å². The first-order chi connectivity index (χ1) is 7.72. The number of anilines is 1. The summed E-state index contributed by atoms with van der Waals surface area (Å²) in [6.45, 7) is 6.80. The second-order valence-corrected chi connectivity index (χ2v) is 3.34. The Morgan fingerprint density at radius 3 is 2.38 bits per heavy atom. The summed E-state index contributed by atoms with van der Waals surface area (Å²) in [4.78, 5) is 4.11. The summed E-state index contributed by atoms with van der Waals surface area (Å²) < 4.78 is 0. The predicted octanol–water partition coefficient (Wildman–Crippen LogP) is 3.50. The number of guanidine groups is 1. The van der Waals surface area contributed by atoms with Crippen LogP contribution in [-0.4, -0.2) is 12.5 Å². The molecule has 3 N–H and O–H groups in total. The van der Waals surface area contributed by atoms with Crippen LogP contribution in [-0.2, 0) is 0 Å². The van der Waals surface area contributed by atoms with Gasteiger partial charge in [-0.15, -0.1) is 0 Å². The summed E-state index contributed by atoms with van der Waals surface area (Å²) in [5.74, 6) is 0.439. The van der Waals surface area contributed by atoms with Crippen molar-refractivity contribution in [1.82, 2.24) is 0 Å². The zero-order chi connectivity index (χ0) is 12.4. The van der Waals surface area contributed by atoms with Crippen molar-refractivity contribution in [3.05, 3.63) is 29.3 Å². The quantitative estimate of drug-likeness (QED) is 0.629. The maximum atomic E-state index is 5.74. The van der Waals surface area contributed by atoms with Gasteiger partial charge in [0.15, 0.2) is 5.96 Å². The number of aliphatic imine (C=N–C) groups is 1. The first-order valence-electron chi connectivity index (χ1n) is 5.55. The number of halogens is 1. The van der Waals surface area contributed by atoms with Crippen LogP contribution in [0.1, 0.15) is 27.2 Å². The Morgan fingerprint density at radius 1 is 1.31 bits per heavy atom. The molecular formula is C12H20ClN3. The maximum Gasteiger partial charge on any atom is 0.193 e. The minimum Gasteiger partial charge on any atom is -0.370 e. The standard InChI is InChI=1S/C10H14ClN3.C2H6/c1-2-7-13-10(12)14-9-5-3-8(11)4-6-9;1-2/h3-6H,2,7H2,1H3,(H3,12,13,14);1-2H3. The van der Waals surface area contributed by atoms with E-state index in [0.29, 0.717) is 11.0 Å². The highest BCUT2D eigenvalue weighted by Gasteiger charge is 1.93. The molecule has 0 bridgehead atoms. The minimum atomic E-state index is 0.439. The van der Waals surface area contributed by atoms with Crippen molar-refractivity contribution in [2.45, 2.75) is 27.2 Å². The Kier molecular flexibility index (Phi) is 8.35. The van der Waals surface area contributed by atoms with E-state index in [1.54, 1.807) is 12.1 Å². The topological polar surface area (TPSA) is 50.4 Å². The van der Waals surface area contributed by atoms with E-state index in [2.05, 4.69) is 17.2 Å². The van der Waals surface area contributed by atoms with Gasteiger partial charge in [-0.3, -0.25) is 4.99 Å². The fraction of sp³-hybridized carbons (Fsp3) is 0.417. The Labute approximate surface area is 103 Å². The highest BCUT2D eigenvalue weighted by molar-refractivity contribution is 6.30. The van der Waals surface area contributed by atoms with Gasteiger partial charge in [0.1, 0.15) is 0 Å². The van der Waals surface area contributed by atoms with Crippen LogP contribution in [0.2, 0.25) is 5.02 Å². The molecule has 3 nitrogen and oxygen atoms in total. The van der Waals surface area contributed by atoms with Gasteiger partial charge in [0.25, 0.3) is 0 Å². The van der Waals surface area contributed by atoms with Crippen LogP contribution in [0.25, 0.3) is 0 Å². The summed E-state index contributed by atoms with van der Waals surface area (Å²) in [7, 11) is 0. The van der Waals surface area contributed by atoms with Crippen LogP contribution in [0.4, 0.5) is 5.69 Å². The number of rotatable bonds is 3. The smallest absolute Gasteiger partial charge is 0.193 e. The normalized spacial score (nSPS) is 10.4. The van der Waals surface area contributed by atoms with E-state index in [0.717, 1.165) is 18.7 Å². The highest BCUT2D eigenvalue weighted by atomic mass is 35.5. The van der Waals surface area contributed by atoms with Crippen molar-refractivity contribution in [3.63, 3.8) is 0 Å². The molecule has 16 heavy (non-hydrogen) atoms. The molecule has 0 aliphatic carbocycles. The molecule has 1 rings (SSSR count). The molecule has 1 aromatic rings. The average molecular weight is 242 g/mol. The monoisotopic (exact) mass is 241 g/mol. The molecule has 0 radical (unpaired) electrons. The fourth-order valence-electron chi connectivity index (χ4n) is 0.953. The molecule has 0 aromatic heterocycles. The third-order valence-corrected chi connectivity index (χ3v) is 1.87. The molecule has 0 spiro atoms. The fourth-order valence-corrected chi connectivity index (χ4v) is 1.08. The Bertz CT molecular complexity index is 307. The lowest BCUT2D eigenvalue weighted by atomic mass is 10.3. The number of nitrogens with zero attached hydrogens (tertiary/aromatic N) is 1. The van der Waals surface area contributed by atoms with Crippen molar-refractivity contribution >= 4 is 23.2 Å². The molecule has 0 aliphatic heterocycles. The van der Waals surface area contributed by atoms with E-state index in [9.17, 15) is 0 Å². The summed E-state index contributed by atoms with van der Waals surface area (Å²) >= 11 is 5.74. The number of nitrogens with two attached hydrogens (primary N) is 1. The molecular weight excluding hydrogens is 222 g/mol. The summed E-state index contributed by atoms with van der Waals surface area (Å²) in [6, 6.07) is 7.32. The number of hydrogen-bond donors (Lipinski definition) is 2. The largest absolute Gasteiger partial charge is 0.370 e. The van der Waals surface area contributed by atoms with Crippen molar-refractivity contribution in [2.75, 3.05) is 11.9 Å². The summed E-state index contributed by atoms with van der Waals surface area (Å²) in [6.07, 6.45) is 0.989. The first kappa shape index (κ1) is 14.8. The Balaban J connectivity index is 0.00000106. The summed E-state index contributed by atoms with van der Waals surface area (Å²) in [5.41, 5.74) is 6.53. The molecule has 0 atom stereocenters. The number of benzene rings is 1. The number of hydrogen-bond acceptors (Lipinski definition) is 1. The van der Waals surface area contributed by atoms with Gasteiger partial charge in [-0.25, -0.2) is 0 Å². The minimum absolute atomic E-state index is 0.439. The SMILES string of the molecule is CC.CCCN=C(N)Nc1ccc(Cl)cc1. The van der Waals surface area contributed by atoms with Crippen molar-refractivity contribution in [1.29, 1.82) is 0 Å². The van der Waals surface area contributed by atoms with Crippen molar-refractivity contribution < 1.29 is 0 Å². The molecule has 90 valence electrons. The lowest BCUT2D eigenvalue weighted by molar-refractivity contribution is 0.929. The second kappa shape index (κ2) is 9.04. The second-order valence-electron chi connectivity index (χ2n) is 2.90. The van der Waals surface area contributed by atoms with Crippen LogP contribution in [0, 0.1) is 0 Å². The average Bonchev–Trinajstić information content (AvgIpc) is 2.32. The zero-order valence-electron chi connectivity index (χ0n) is 10.1.